The Morgan fingerprint density at radius 2 is 0.519 bits per heavy atom. The standard InChI is InChI=1S/C94H160NO8P/c1-6-8-10-12-14-16-18-20-22-24-26-28-30-32-34-36-38-40-42-44-46-47-49-50-52-54-56-58-60-62-64-66-68-70-72-74-76-78-80-82-84-86-93(96)100-90-92(91-102-104(98,99)101-89-88-95(3,4)5)103-94(97)87-85-83-81-79-77-75-73-71-69-67-65-63-61-59-57-55-53-51-48-45-43-41-39-37-35-33-31-29-27-25-23-21-19-17-15-13-11-9-7-2/h8-11,14-17,20-23,26-29,32-35,39,41,45,48,53,55,59,61,92H,6-7,12-13,18-19,24-25,30-31,36-38,40,42-44,46-47,49-52,54,56-58,60,62-91H2,1-5H3/b10-8-,11-9-,16-14-,17-15-,22-20-,23-21-,28-26-,29-27-,34-32-,35-33-,41-39-,48-45-,55-53-,61-59-. The summed E-state index contributed by atoms with van der Waals surface area (Å²) in [4.78, 5) is 38.2. The van der Waals surface area contributed by atoms with E-state index in [4.69, 9.17) is 18.5 Å². The first-order chi connectivity index (χ1) is 51.0. The number of carbonyl (C=O) groups excluding carboxylic acids is 2. The number of phosphoric acid groups is 1. The fourth-order valence-electron chi connectivity index (χ4n) is 11.8. The molecule has 0 aliphatic carbocycles. The van der Waals surface area contributed by atoms with E-state index in [0.29, 0.717) is 17.4 Å². The maximum Gasteiger partial charge on any atom is 0.306 e. The summed E-state index contributed by atoms with van der Waals surface area (Å²) >= 11 is 0. The van der Waals surface area contributed by atoms with Crippen molar-refractivity contribution in [3.8, 4) is 0 Å². The van der Waals surface area contributed by atoms with Crippen LogP contribution in [0.4, 0.5) is 0 Å². The van der Waals surface area contributed by atoms with Crippen molar-refractivity contribution in [3.05, 3.63) is 170 Å². The number of rotatable bonds is 78. The van der Waals surface area contributed by atoms with Gasteiger partial charge in [0.25, 0.3) is 7.82 Å². The van der Waals surface area contributed by atoms with Gasteiger partial charge in [0.15, 0.2) is 6.10 Å². The highest BCUT2D eigenvalue weighted by atomic mass is 31.2. The lowest BCUT2D eigenvalue weighted by Crippen LogP contribution is -2.37. The van der Waals surface area contributed by atoms with Gasteiger partial charge in [-0.15, -0.1) is 0 Å². The molecular formula is C94H160NO8P. The van der Waals surface area contributed by atoms with Gasteiger partial charge >= 0.3 is 11.9 Å². The van der Waals surface area contributed by atoms with Crippen molar-refractivity contribution in [2.45, 2.75) is 367 Å². The van der Waals surface area contributed by atoms with Crippen LogP contribution in [0.2, 0.25) is 0 Å². The lowest BCUT2D eigenvalue weighted by molar-refractivity contribution is -0.870. The fourth-order valence-corrected chi connectivity index (χ4v) is 12.5. The Balaban J connectivity index is 3.96. The molecule has 0 fully saturated rings. The van der Waals surface area contributed by atoms with Crippen molar-refractivity contribution in [3.63, 3.8) is 0 Å². The summed E-state index contributed by atoms with van der Waals surface area (Å²) in [5.74, 6) is -0.830. The molecule has 9 nitrogen and oxygen atoms in total. The molecule has 0 aliphatic rings. The van der Waals surface area contributed by atoms with E-state index >= 15 is 0 Å². The molecule has 594 valence electrons. The van der Waals surface area contributed by atoms with Gasteiger partial charge in [-0.25, -0.2) is 0 Å². The van der Waals surface area contributed by atoms with E-state index in [1.807, 2.05) is 21.1 Å². The van der Waals surface area contributed by atoms with Gasteiger partial charge in [0.2, 0.25) is 0 Å². The number of allylic oxidation sites excluding steroid dienone is 28. The zero-order valence-electron chi connectivity index (χ0n) is 67.9. The molecule has 0 amide bonds. The Morgan fingerprint density at radius 1 is 0.298 bits per heavy atom. The Bertz CT molecular complexity index is 2370. The topological polar surface area (TPSA) is 111 Å². The number of hydrogen-bond acceptors (Lipinski definition) is 8. The Hall–Kier alpha value is -4.63. The SMILES string of the molecule is CC/C=C\C/C=C\C/C=C\C/C=C\C/C=C\C/C=C\C/C=C\C/C=C\C/C=C\CCCCCCCCCCCCCC(=O)OC(COC(=O)CCCCCCCCCCCCCCCCCCCCCCCCCCC/C=C\C/C=C\C/C=C\C/C=C\C/C=C\CC)COP(=O)([O-])OCC[N+](C)(C)C. The van der Waals surface area contributed by atoms with E-state index in [9.17, 15) is 19.0 Å². The number of quaternary nitrogens is 1. The molecule has 0 saturated carbocycles. The van der Waals surface area contributed by atoms with Gasteiger partial charge in [0, 0.05) is 12.8 Å². The molecule has 0 radical (unpaired) electrons. The van der Waals surface area contributed by atoms with Gasteiger partial charge < -0.3 is 27.9 Å². The predicted molar refractivity (Wildman–Crippen MR) is 452 cm³/mol. The normalized spacial score (nSPS) is 13.9. The smallest absolute Gasteiger partial charge is 0.306 e. The average Bonchev–Trinajstić information content (AvgIpc) is 0.915. The zero-order chi connectivity index (χ0) is 75.4. The molecular weight excluding hydrogens is 1300 g/mol. The molecule has 0 saturated heterocycles. The number of likely N-dealkylation sites (N-methyl/N-ethyl adjacent to an activating group) is 1. The number of esters is 2. The second-order valence-corrected chi connectivity index (χ2v) is 30.8. The van der Waals surface area contributed by atoms with Crippen LogP contribution in [-0.4, -0.2) is 70.0 Å². The van der Waals surface area contributed by atoms with Crippen LogP contribution in [0, 0.1) is 0 Å². The van der Waals surface area contributed by atoms with Gasteiger partial charge in [0.1, 0.15) is 19.8 Å². The molecule has 0 aliphatic heterocycles. The summed E-state index contributed by atoms with van der Waals surface area (Å²) < 4.78 is 34.5. The Labute approximate surface area is 642 Å². The van der Waals surface area contributed by atoms with Crippen LogP contribution in [0.3, 0.4) is 0 Å². The predicted octanol–water partition coefficient (Wildman–Crippen LogP) is 28.5. The highest BCUT2D eigenvalue weighted by Gasteiger charge is 2.22. The number of unbranched alkanes of at least 4 members (excludes halogenated alkanes) is 36. The van der Waals surface area contributed by atoms with Crippen LogP contribution in [0.5, 0.6) is 0 Å². The molecule has 104 heavy (non-hydrogen) atoms. The zero-order valence-corrected chi connectivity index (χ0v) is 68.8. The van der Waals surface area contributed by atoms with Gasteiger partial charge in [-0.05, 0) is 128 Å². The molecule has 0 N–H and O–H groups in total. The molecule has 2 atom stereocenters. The average molecular weight is 1460 g/mol. The van der Waals surface area contributed by atoms with E-state index < -0.39 is 26.5 Å². The van der Waals surface area contributed by atoms with Crippen LogP contribution in [0.25, 0.3) is 0 Å². The van der Waals surface area contributed by atoms with Crippen molar-refractivity contribution in [2.24, 2.45) is 0 Å². The summed E-state index contributed by atoms with van der Waals surface area (Å²) in [6, 6.07) is 0. The quantitative estimate of drug-likeness (QED) is 0.0195. The van der Waals surface area contributed by atoms with Crippen molar-refractivity contribution in [1.29, 1.82) is 0 Å². The molecule has 0 bridgehead atoms. The molecule has 0 heterocycles. The summed E-state index contributed by atoms with van der Waals surface area (Å²) in [7, 11) is 1.16. The molecule has 2 unspecified atom stereocenters. The first-order valence-electron chi connectivity index (χ1n) is 42.8. The maximum absolute atomic E-state index is 12.9. The molecule has 0 rings (SSSR count). The summed E-state index contributed by atoms with van der Waals surface area (Å²) in [6.45, 7) is 4.03. The van der Waals surface area contributed by atoms with Gasteiger partial charge in [-0.2, -0.15) is 0 Å². The highest BCUT2D eigenvalue weighted by Crippen LogP contribution is 2.38. The first-order valence-corrected chi connectivity index (χ1v) is 44.3. The van der Waals surface area contributed by atoms with E-state index in [1.54, 1.807) is 0 Å². The second-order valence-electron chi connectivity index (χ2n) is 29.4. The minimum absolute atomic E-state index is 0.0361. The number of hydrogen-bond donors (Lipinski definition) is 0. The number of carbonyl (C=O) groups is 2. The van der Waals surface area contributed by atoms with Crippen LogP contribution < -0.4 is 4.89 Å². The van der Waals surface area contributed by atoms with Crippen LogP contribution in [0.1, 0.15) is 361 Å². The summed E-state index contributed by atoms with van der Waals surface area (Å²) in [6.07, 6.45) is 125. The fraction of sp³-hybridized carbons (Fsp3) is 0.681. The third kappa shape index (κ3) is 86.3. The summed E-state index contributed by atoms with van der Waals surface area (Å²) in [5.41, 5.74) is 0. The van der Waals surface area contributed by atoms with E-state index in [0.717, 1.165) is 135 Å². The highest BCUT2D eigenvalue weighted by molar-refractivity contribution is 7.45. The Morgan fingerprint density at radius 3 is 0.769 bits per heavy atom. The largest absolute Gasteiger partial charge is 0.756 e. The van der Waals surface area contributed by atoms with Crippen molar-refractivity contribution < 1.29 is 42.1 Å². The Kier molecular flexibility index (Phi) is 78.8. The third-order valence-electron chi connectivity index (χ3n) is 18.2. The number of phosphoric ester groups is 1. The van der Waals surface area contributed by atoms with E-state index in [2.05, 4.69) is 184 Å². The maximum atomic E-state index is 12.9. The van der Waals surface area contributed by atoms with Gasteiger partial charge in [-0.1, -0.05) is 389 Å². The van der Waals surface area contributed by atoms with Crippen LogP contribution in [-0.2, 0) is 32.7 Å². The number of ether oxygens (including phenoxy) is 2. The number of nitrogens with zero attached hydrogens (tertiary/aromatic N) is 1. The van der Waals surface area contributed by atoms with Crippen LogP contribution >= 0.6 is 7.82 Å². The van der Waals surface area contributed by atoms with Crippen LogP contribution in [0.15, 0.2) is 170 Å². The van der Waals surface area contributed by atoms with E-state index in [1.165, 1.54) is 193 Å². The molecule has 0 aromatic carbocycles. The second kappa shape index (κ2) is 82.4. The van der Waals surface area contributed by atoms with E-state index in [-0.39, 0.29) is 32.0 Å². The molecule has 0 spiro atoms. The van der Waals surface area contributed by atoms with Crippen molar-refractivity contribution in [2.75, 3.05) is 47.5 Å². The first kappa shape index (κ1) is 99.4. The van der Waals surface area contributed by atoms with Gasteiger partial charge in [0.05, 0.1) is 27.7 Å². The molecule has 0 aromatic rings. The minimum Gasteiger partial charge on any atom is -0.756 e. The lowest BCUT2D eigenvalue weighted by atomic mass is 10.0. The minimum atomic E-state index is -4.66. The molecule has 10 heteroatoms. The summed E-state index contributed by atoms with van der Waals surface area (Å²) in [5, 5.41) is 0. The third-order valence-corrected chi connectivity index (χ3v) is 19.2. The molecule has 0 aromatic heterocycles. The van der Waals surface area contributed by atoms with Gasteiger partial charge in [-0.3, -0.25) is 14.2 Å². The van der Waals surface area contributed by atoms with Crippen molar-refractivity contribution >= 4 is 19.8 Å². The lowest BCUT2D eigenvalue weighted by Gasteiger charge is -2.28. The monoisotopic (exact) mass is 1460 g/mol. The van der Waals surface area contributed by atoms with Crippen molar-refractivity contribution in [1.82, 2.24) is 0 Å².